The molecule has 0 bridgehead atoms. The standard InChI is InChI=1S/C26H52O5/c1-5-6-7-8-9-10-11-12-13-14-15-16-17-18-19-20-21-30-24-23(22-27-2)31-26(29-4)25(24)28-3/h23-26H,5-22H2,1-4H3/t23-,24+,25-,26+/m1/s1. The third-order valence-electron chi connectivity index (χ3n) is 6.41. The van der Waals surface area contributed by atoms with Gasteiger partial charge in [-0.1, -0.05) is 103 Å². The fraction of sp³-hybridized carbons (Fsp3) is 1.00. The lowest BCUT2D eigenvalue weighted by atomic mass is 10.0. The summed E-state index contributed by atoms with van der Waals surface area (Å²) in [5, 5.41) is 0. The highest BCUT2D eigenvalue weighted by molar-refractivity contribution is 4.89. The Morgan fingerprint density at radius 1 is 0.581 bits per heavy atom. The first-order chi connectivity index (χ1) is 15.3. The molecular weight excluding hydrogens is 392 g/mol. The van der Waals surface area contributed by atoms with E-state index in [2.05, 4.69) is 6.92 Å². The van der Waals surface area contributed by atoms with Crippen molar-refractivity contribution in [3.8, 4) is 0 Å². The van der Waals surface area contributed by atoms with Crippen molar-refractivity contribution < 1.29 is 23.7 Å². The second kappa shape index (κ2) is 20.4. The summed E-state index contributed by atoms with van der Waals surface area (Å²) in [4.78, 5) is 0. The Morgan fingerprint density at radius 3 is 1.48 bits per heavy atom. The summed E-state index contributed by atoms with van der Waals surface area (Å²) < 4.78 is 28.2. The number of unbranched alkanes of at least 4 members (excludes halogenated alkanes) is 15. The second-order valence-electron chi connectivity index (χ2n) is 9.07. The van der Waals surface area contributed by atoms with E-state index in [-0.39, 0.29) is 24.6 Å². The molecule has 0 spiro atoms. The molecule has 0 unspecified atom stereocenters. The topological polar surface area (TPSA) is 46.2 Å². The maximum Gasteiger partial charge on any atom is 0.186 e. The predicted molar refractivity (Wildman–Crippen MR) is 128 cm³/mol. The first-order valence-electron chi connectivity index (χ1n) is 13.1. The normalized spacial score (nSPS) is 23.6. The molecule has 1 rings (SSSR count). The van der Waals surface area contributed by atoms with E-state index < -0.39 is 0 Å². The maximum absolute atomic E-state index is 6.11. The molecule has 0 radical (unpaired) electrons. The second-order valence-corrected chi connectivity index (χ2v) is 9.07. The van der Waals surface area contributed by atoms with Crippen molar-refractivity contribution in [3.05, 3.63) is 0 Å². The quantitative estimate of drug-likeness (QED) is 0.175. The van der Waals surface area contributed by atoms with Gasteiger partial charge in [0.15, 0.2) is 6.29 Å². The number of rotatable bonds is 22. The number of hydrogen-bond acceptors (Lipinski definition) is 5. The first kappa shape index (κ1) is 28.8. The molecule has 4 atom stereocenters. The zero-order valence-corrected chi connectivity index (χ0v) is 21.1. The van der Waals surface area contributed by atoms with E-state index >= 15 is 0 Å². The molecule has 1 aliphatic heterocycles. The van der Waals surface area contributed by atoms with Gasteiger partial charge >= 0.3 is 0 Å². The predicted octanol–water partition coefficient (Wildman–Crippen LogP) is 6.67. The third kappa shape index (κ3) is 13.2. The number of methoxy groups -OCH3 is 3. The average Bonchev–Trinajstić information content (AvgIpc) is 3.12. The summed E-state index contributed by atoms with van der Waals surface area (Å²) in [7, 11) is 5.00. The number of hydrogen-bond donors (Lipinski definition) is 0. The van der Waals surface area contributed by atoms with Crippen molar-refractivity contribution in [1.82, 2.24) is 0 Å². The van der Waals surface area contributed by atoms with Crippen LogP contribution in [0.3, 0.4) is 0 Å². The highest BCUT2D eigenvalue weighted by atomic mass is 16.7. The first-order valence-corrected chi connectivity index (χ1v) is 13.1. The molecular formula is C26H52O5. The summed E-state index contributed by atoms with van der Waals surface area (Å²) >= 11 is 0. The monoisotopic (exact) mass is 444 g/mol. The zero-order chi connectivity index (χ0) is 22.6. The summed E-state index contributed by atoms with van der Waals surface area (Å²) in [6.45, 7) is 3.52. The van der Waals surface area contributed by atoms with Crippen LogP contribution in [0.1, 0.15) is 110 Å². The van der Waals surface area contributed by atoms with Gasteiger partial charge in [0, 0.05) is 27.9 Å². The Labute approximate surface area is 192 Å². The molecule has 5 nitrogen and oxygen atoms in total. The molecule has 0 amide bonds. The molecule has 0 aromatic carbocycles. The molecule has 1 aliphatic rings. The van der Waals surface area contributed by atoms with Crippen LogP contribution in [0.5, 0.6) is 0 Å². The van der Waals surface area contributed by atoms with Gasteiger partial charge in [0.1, 0.15) is 18.3 Å². The van der Waals surface area contributed by atoms with Crippen LogP contribution in [0.15, 0.2) is 0 Å². The lowest BCUT2D eigenvalue weighted by Gasteiger charge is -2.22. The van der Waals surface area contributed by atoms with Gasteiger partial charge in [0.25, 0.3) is 0 Å². The van der Waals surface area contributed by atoms with Crippen molar-refractivity contribution in [2.45, 2.75) is 134 Å². The summed E-state index contributed by atoms with van der Waals surface area (Å²) in [5.74, 6) is 0. The van der Waals surface area contributed by atoms with E-state index in [4.69, 9.17) is 23.7 Å². The van der Waals surface area contributed by atoms with Crippen LogP contribution >= 0.6 is 0 Å². The molecule has 0 saturated carbocycles. The summed E-state index contributed by atoms with van der Waals surface area (Å²) in [5.41, 5.74) is 0. The van der Waals surface area contributed by atoms with Crippen LogP contribution in [0, 0.1) is 0 Å². The number of ether oxygens (including phenoxy) is 5. The molecule has 0 aromatic heterocycles. The lowest BCUT2D eigenvalue weighted by molar-refractivity contribution is -0.160. The van der Waals surface area contributed by atoms with Crippen LogP contribution in [0.25, 0.3) is 0 Å². The van der Waals surface area contributed by atoms with Crippen LogP contribution in [0.4, 0.5) is 0 Å². The fourth-order valence-corrected chi connectivity index (χ4v) is 4.50. The van der Waals surface area contributed by atoms with Gasteiger partial charge in [0.2, 0.25) is 0 Å². The van der Waals surface area contributed by atoms with Gasteiger partial charge in [-0.25, -0.2) is 0 Å². The molecule has 0 aliphatic carbocycles. The van der Waals surface area contributed by atoms with E-state index in [0.717, 1.165) is 13.0 Å². The van der Waals surface area contributed by atoms with E-state index in [1.165, 1.54) is 96.3 Å². The van der Waals surface area contributed by atoms with Gasteiger partial charge < -0.3 is 23.7 Å². The van der Waals surface area contributed by atoms with Crippen molar-refractivity contribution in [2.75, 3.05) is 34.5 Å². The van der Waals surface area contributed by atoms with Crippen LogP contribution in [0.2, 0.25) is 0 Å². The summed E-state index contributed by atoms with van der Waals surface area (Å²) in [6, 6.07) is 0. The Bertz CT molecular complexity index is 379. The smallest absolute Gasteiger partial charge is 0.186 e. The molecule has 5 heteroatoms. The van der Waals surface area contributed by atoms with E-state index in [1.807, 2.05) is 0 Å². The minimum Gasteiger partial charge on any atom is -0.382 e. The minimum atomic E-state index is -0.388. The van der Waals surface area contributed by atoms with Crippen molar-refractivity contribution in [3.63, 3.8) is 0 Å². The van der Waals surface area contributed by atoms with E-state index in [0.29, 0.717) is 6.61 Å². The minimum absolute atomic E-state index is 0.133. The lowest BCUT2D eigenvalue weighted by Crippen LogP contribution is -2.39. The Morgan fingerprint density at radius 2 is 1.06 bits per heavy atom. The molecule has 1 heterocycles. The fourth-order valence-electron chi connectivity index (χ4n) is 4.50. The molecule has 0 N–H and O–H groups in total. The van der Waals surface area contributed by atoms with E-state index in [9.17, 15) is 0 Å². The van der Waals surface area contributed by atoms with Crippen molar-refractivity contribution in [1.29, 1.82) is 0 Å². The zero-order valence-electron chi connectivity index (χ0n) is 21.1. The van der Waals surface area contributed by atoms with Gasteiger partial charge in [-0.15, -0.1) is 0 Å². The average molecular weight is 445 g/mol. The summed E-state index contributed by atoms with van der Waals surface area (Å²) in [6.07, 6.45) is 21.2. The Hall–Kier alpha value is -0.200. The van der Waals surface area contributed by atoms with Gasteiger partial charge in [0.05, 0.1) is 6.61 Å². The largest absolute Gasteiger partial charge is 0.382 e. The Balaban J connectivity index is 1.91. The molecule has 186 valence electrons. The molecule has 0 aromatic rings. The van der Waals surface area contributed by atoms with Gasteiger partial charge in [-0.3, -0.25) is 0 Å². The van der Waals surface area contributed by atoms with Crippen LogP contribution in [-0.2, 0) is 23.7 Å². The van der Waals surface area contributed by atoms with Gasteiger partial charge in [-0.05, 0) is 6.42 Å². The Kier molecular flexibility index (Phi) is 19.0. The highest BCUT2D eigenvalue weighted by Gasteiger charge is 2.46. The van der Waals surface area contributed by atoms with Crippen LogP contribution in [-0.4, -0.2) is 59.1 Å². The van der Waals surface area contributed by atoms with Gasteiger partial charge in [-0.2, -0.15) is 0 Å². The highest BCUT2D eigenvalue weighted by Crippen LogP contribution is 2.27. The maximum atomic E-state index is 6.11. The molecule has 1 fully saturated rings. The third-order valence-corrected chi connectivity index (χ3v) is 6.41. The van der Waals surface area contributed by atoms with Crippen molar-refractivity contribution in [2.24, 2.45) is 0 Å². The molecule has 31 heavy (non-hydrogen) atoms. The van der Waals surface area contributed by atoms with Crippen LogP contribution < -0.4 is 0 Å². The SMILES string of the molecule is CCCCCCCCCCCCCCCCCCO[C@@H]1[C@@H](OC)[C@@H](OC)O[C@@H]1COC. The molecule has 1 saturated heterocycles. The van der Waals surface area contributed by atoms with E-state index in [1.54, 1.807) is 21.3 Å². The van der Waals surface area contributed by atoms with Crippen molar-refractivity contribution >= 4 is 0 Å².